The SMILES string of the molecule is Cc1nn(C)c(C)c1S(=O)(=O)N1CCC(C(C)N)C1. The number of sulfonamides is 1. The molecule has 0 aromatic carbocycles. The van der Waals surface area contributed by atoms with E-state index in [2.05, 4.69) is 5.10 Å². The molecule has 1 aromatic heterocycles. The van der Waals surface area contributed by atoms with Crippen LogP contribution >= 0.6 is 0 Å². The fourth-order valence-corrected chi connectivity index (χ4v) is 4.57. The smallest absolute Gasteiger partial charge is 0.246 e. The van der Waals surface area contributed by atoms with Crippen LogP contribution in [0.15, 0.2) is 4.90 Å². The first kappa shape index (κ1) is 14.5. The van der Waals surface area contributed by atoms with Crippen molar-refractivity contribution in [3.05, 3.63) is 11.4 Å². The normalized spacial score (nSPS) is 22.9. The van der Waals surface area contributed by atoms with Crippen LogP contribution < -0.4 is 5.73 Å². The maximum Gasteiger partial charge on any atom is 0.246 e. The highest BCUT2D eigenvalue weighted by Crippen LogP contribution is 2.28. The summed E-state index contributed by atoms with van der Waals surface area (Å²) in [6.07, 6.45) is 0.829. The van der Waals surface area contributed by atoms with Gasteiger partial charge in [0.25, 0.3) is 0 Å². The summed E-state index contributed by atoms with van der Waals surface area (Å²) in [4.78, 5) is 0.348. The number of nitrogens with zero attached hydrogens (tertiary/aromatic N) is 3. The van der Waals surface area contributed by atoms with Crippen molar-refractivity contribution in [1.29, 1.82) is 0 Å². The van der Waals surface area contributed by atoms with E-state index in [1.165, 1.54) is 4.31 Å². The minimum Gasteiger partial charge on any atom is -0.328 e. The molecule has 1 aliphatic rings. The molecule has 0 radical (unpaired) electrons. The lowest BCUT2D eigenvalue weighted by atomic mass is 10.0. The van der Waals surface area contributed by atoms with Gasteiger partial charge in [-0.3, -0.25) is 4.68 Å². The summed E-state index contributed by atoms with van der Waals surface area (Å²) < 4.78 is 28.5. The van der Waals surface area contributed by atoms with Crippen molar-refractivity contribution < 1.29 is 8.42 Å². The quantitative estimate of drug-likeness (QED) is 0.872. The van der Waals surface area contributed by atoms with Gasteiger partial charge in [0, 0.05) is 26.2 Å². The van der Waals surface area contributed by atoms with E-state index in [0.29, 0.717) is 29.4 Å². The second-order valence-electron chi connectivity index (χ2n) is 5.39. The van der Waals surface area contributed by atoms with Gasteiger partial charge in [0.05, 0.1) is 11.4 Å². The van der Waals surface area contributed by atoms with Gasteiger partial charge in [-0.25, -0.2) is 8.42 Å². The van der Waals surface area contributed by atoms with E-state index in [-0.39, 0.29) is 12.0 Å². The van der Waals surface area contributed by atoms with Gasteiger partial charge in [-0.15, -0.1) is 0 Å². The van der Waals surface area contributed by atoms with Crippen LogP contribution in [0.4, 0.5) is 0 Å². The van der Waals surface area contributed by atoms with Gasteiger partial charge in [0.1, 0.15) is 4.90 Å². The first-order valence-corrected chi connectivity index (χ1v) is 7.95. The third kappa shape index (κ3) is 2.42. The summed E-state index contributed by atoms with van der Waals surface area (Å²) in [5, 5.41) is 4.19. The highest BCUT2D eigenvalue weighted by molar-refractivity contribution is 7.89. The molecular weight excluding hydrogens is 264 g/mol. The van der Waals surface area contributed by atoms with E-state index in [4.69, 9.17) is 5.73 Å². The molecule has 2 unspecified atom stereocenters. The Labute approximate surface area is 114 Å². The van der Waals surface area contributed by atoms with Crippen molar-refractivity contribution >= 4 is 10.0 Å². The van der Waals surface area contributed by atoms with E-state index in [1.54, 1.807) is 25.6 Å². The Morgan fingerprint density at radius 2 is 2.05 bits per heavy atom. The van der Waals surface area contributed by atoms with Gasteiger partial charge in [-0.1, -0.05) is 0 Å². The van der Waals surface area contributed by atoms with Crippen molar-refractivity contribution in [3.63, 3.8) is 0 Å². The number of hydrogen-bond donors (Lipinski definition) is 1. The second kappa shape index (κ2) is 4.88. The van der Waals surface area contributed by atoms with Crippen molar-refractivity contribution in [2.24, 2.45) is 18.7 Å². The summed E-state index contributed by atoms with van der Waals surface area (Å²) in [7, 11) is -1.69. The Hall–Kier alpha value is -0.920. The number of nitrogens with two attached hydrogens (primary N) is 1. The lowest BCUT2D eigenvalue weighted by Crippen LogP contribution is -2.33. The molecule has 0 aliphatic carbocycles. The molecule has 1 saturated heterocycles. The van der Waals surface area contributed by atoms with Crippen molar-refractivity contribution in [2.45, 2.75) is 38.1 Å². The van der Waals surface area contributed by atoms with Crippen LogP contribution in [0.5, 0.6) is 0 Å². The number of rotatable bonds is 3. The van der Waals surface area contributed by atoms with E-state index in [0.717, 1.165) is 6.42 Å². The van der Waals surface area contributed by atoms with Crippen molar-refractivity contribution in [1.82, 2.24) is 14.1 Å². The van der Waals surface area contributed by atoms with E-state index in [1.807, 2.05) is 6.92 Å². The summed E-state index contributed by atoms with van der Waals surface area (Å²) in [5.41, 5.74) is 7.11. The van der Waals surface area contributed by atoms with E-state index in [9.17, 15) is 8.42 Å². The van der Waals surface area contributed by atoms with Crippen molar-refractivity contribution in [3.8, 4) is 0 Å². The fraction of sp³-hybridized carbons (Fsp3) is 0.750. The Morgan fingerprint density at radius 1 is 1.42 bits per heavy atom. The number of aryl methyl sites for hydroxylation is 2. The third-order valence-electron chi connectivity index (χ3n) is 3.97. The molecule has 2 atom stereocenters. The van der Waals surface area contributed by atoms with Gasteiger partial charge < -0.3 is 5.73 Å². The van der Waals surface area contributed by atoms with E-state index >= 15 is 0 Å². The third-order valence-corrected chi connectivity index (χ3v) is 6.09. The molecule has 0 spiro atoms. The Morgan fingerprint density at radius 3 is 2.47 bits per heavy atom. The highest BCUT2D eigenvalue weighted by atomic mass is 32.2. The predicted molar refractivity (Wildman–Crippen MR) is 73.2 cm³/mol. The zero-order chi connectivity index (χ0) is 14.4. The molecule has 2 rings (SSSR count). The molecule has 1 aromatic rings. The minimum atomic E-state index is -3.45. The summed E-state index contributed by atoms with van der Waals surface area (Å²) >= 11 is 0. The molecule has 0 saturated carbocycles. The van der Waals surface area contributed by atoms with Gasteiger partial charge in [0.2, 0.25) is 10.0 Å². The molecule has 1 aliphatic heterocycles. The van der Waals surface area contributed by atoms with Gasteiger partial charge >= 0.3 is 0 Å². The van der Waals surface area contributed by atoms with Crippen LogP contribution in [-0.2, 0) is 17.1 Å². The Bertz CT molecular complexity index is 577. The molecule has 2 N–H and O–H groups in total. The zero-order valence-electron chi connectivity index (χ0n) is 11.9. The maximum absolute atomic E-state index is 12.7. The monoisotopic (exact) mass is 286 g/mol. The van der Waals surface area contributed by atoms with Gasteiger partial charge in [-0.2, -0.15) is 9.40 Å². The first-order chi connectivity index (χ1) is 8.75. The largest absolute Gasteiger partial charge is 0.328 e. The molecule has 2 heterocycles. The lowest BCUT2D eigenvalue weighted by Gasteiger charge is -2.18. The van der Waals surface area contributed by atoms with Crippen LogP contribution in [0, 0.1) is 19.8 Å². The molecule has 6 nitrogen and oxygen atoms in total. The predicted octanol–water partition coefficient (Wildman–Crippen LogP) is 0.395. The molecule has 0 amide bonds. The summed E-state index contributed by atoms with van der Waals surface area (Å²) in [5.74, 6) is 0.243. The van der Waals surface area contributed by atoms with Crippen LogP contribution in [0.2, 0.25) is 0 Å². The van der Waals surface area contributed by atoms with Crippen LogP contribution in [-0.4, -0.2) is 41.6 Å². The molecule has 0 bridgehead atoms. The lowest BCUT2D eigenvalue weighted by molar-refractivity contribution is 0.428. The Kier molecular flexibility index (Phi) is 3.72. The second-order valence-corrected chi connectivity index (χ2v) is 7.27. The average molecular weight is 286 g/mol. The van der Waals surface area contributed by atoms with E-state index < -0.39 is 10.0 Å². The van der Waals surface area contributed by atoms with Crippen LogP contribution in [0.25, 0.3) is 0 Å². The van der Waals surface area contributed by atoms with Gasteiger partial charge in [-0.05, 0) is 33.1 Å². The Balaban J connectivity index is 2.34. The highest BCUT2D eigenvalue weighted by Gasteiger charge is 2.36. The minimum absolute atomic E-state index is 0.0243. The number of hydrogen-bond acceptors (Lipinski definition) is 4. The topological polar surface area (TPSA) is 81.2 Å². The standard InChI is InChI=1S/C12H22N4O2S/c1-8(13)11-5-6-16(7-11)19(17,18)12-9(2)14-15(4)10(12)3/h8,11H,5-7,13H2,1-4H3. The molecule has 108 valence electrons. The summed E-state index contributed by atoms with van der Waals surface area (Å²) in [6, 6.07) is 0.0243. The number of aromatic nitrogens is 2. The first-order valence-electron chi connectivity index (χ1n) is 6.51. The molecule has 19 heavy (non-hydrogen) atoms. The van der Waals surface area contributed by atoms with Gasteiger partial charge in [0.15, 0.2) is 0 Å². The summed E-state index contributed by atoms with van der Waals surface area (Å²) in [6.45, 7) is 6.50. The fourth-order valence-electron chi connectivity index (χ4n) is 2.66. The van der Waals surface area contributed by atoms with Crippen molar-refractivity contribution in [2.75, 3.05) is 13.1 Å². The molecular formula is C12H22N4O2S. The molecule has 1 fully saturated rings. The molecule has 7 heteroatoms. The van der Waals surface area contributed by atoms with Crippen LogP contribution in [0.1, 0.15) is 24.7 Å². The van der Waals surface area contributed by atoms with Crippen LogP contribution in [0.3, 0.4) is 0 Å². The average Bonchev–Trinajstić information content (AvgIpc) is 2.85. The maximum atomic E-state index is 12.7. The zero-order valence-corrected chi connectivity index (χ0v) is 12.7.